The van der Waals surface area contributed by atoms with E-state index in [4.69, 9.17) is 5.11 Å². The molecular weight excluding hydrogens is 239 g/mol. The van der Waals surface area contributed by atoms with Crippen LogP contribution in [-0.2, 0) is 12.4 Å². The molecule has 1 aromatic carbocycles. The fraction of sp³-hybridized carbons (Fsp3) is 0.167. The van der Waals surface area contributed by atoms with E-state index in [0.29, 0.717) is 17.1 Å². The van der Waals surface area contributed by atoms with Gasteiger partial charge in [0.1, 0.15) is 11.6 Å². The highest BCUT2D eigenvalue weighted by Gasteiger charge is 2.00. The summed E-state index contributed by atoms with van der Waals surface area (Å²) >= 11 is 1.54. The number of nitrogens with zero attached hydrogens (tertiary/aromatic N) is 2. The van der Waals surface area contributed by atoms with Crippen LogP contribution in [0.25, 0.3) is 0 Å². The highest BCUT2D eigenvalue weighted by molar-refractivity contribution is 7.98. The van der Waals surface area contributed by atoms with Gasteiger partial charge in [-0.25, -0.2) is 14.4 Å². The molecule has 0 fully saturated rings. The molecule has 0 unspecified atom stereocenters. The van der Waals surface area contributed by atoms with Crippen LogP contribution in [0.3, 0.4) is 0 Å². The zero-order chi connectivity index (χ0) is 12.1. The lowest BCUT2D eigenvalue weighted by Gasteiger charge is -2.01. The number of hydrogen-bond donors (Lipinski definition) is 1. The molecule has 2 rings (SSSR count). The largest absolute Gasteiger partial charge is 0.392 e. The van der Waals surface area contributed by atoms with Crippen molar-refractivity contribution in [3.8, 4) is 0 Å². The first-order chi connectivity index (χ1) is 8.28. The zero-order valence-electron chi connectivity index (χ0n) is 9.01. The van der Waals surface area contributed by atoms with Gasteiger partial charge in [0.2, 0.25) is 0 Å². The average Bonchev–Trinajstić information content (AvgIpc) is 2.39. The van der Waals surface area contributed by atoms with Crippen LogP contribution in [0.15, 0.2) is 41.6 Å². The molecule has 0 amide bonds. The van der Waals surface area contributed by atoms with Crippen LogP contribution in [0, 0.1) is 5.82 Å². The third kappa shape index (κ3) is 3.51. The molecule has 1 N–H and O–H groups in total. The second kappa shape index (κ2) is 5.75. The van der Waals surface area contributed by atoms with Crippen molar-refractivity contribution in [3.05, 3.63) is 53.9 Å². The number of halogens is 1. The van der Waals surface area contributed by atoms with Gasteiger partial charge in [-0.15, -0.1) is 11.8 Å². The lowest BCUT2D eigenvalue weighted by Crippen LogP contribution is -1.94. The van der Waals surface area contributed by atoms with E-state index in [1.54, 1.807) is 36.3 Å². The Bertz CT molecular complexity index is 473. The summed E-state index contributed by atoms with van der Waals surface area (Å²) in [4.78, 5) is 9.21. The molecule has 3 nitrogen and oxygen atoms in total. The number of rotatable bonds is 4. The lowest BCUT2D eigenvalue weighted by atomic mass is 10.4. The van der Waals surface area contributed by atoms with Gasteiger partial charge in [0.15, 0.2) is 0 Å². The Morgan fingerprint density at radius 3 is 2.35 bits per heavy atom. The highest BCUT2D eigenvalue weighted by Crippen LogP contribution is 2.21. The van der Waals surface area contributed by atoms with Crippen molar-refractivity contribution in [1.82, 2.24) is 9.97 Å². The first-order valence-corrected chi connectivity index (χ1v) is 6.05. The number of aromatic nitrogens is 2. The Hall–Kier alpha value is -1.46. The van der Waals surface area contributed by atoms with E-state index in [1.165, 1.54) is 12.1 Å². The summed E-state index contributed by atoms with van der Waals surface area (Å²) in [6, 6.07) is 6.31. The van der Waals surface area contributed by atoms with Crippen LogP contribution in [0.5, 0.6) is 0 Å². The van der Waals surface area contributed by atoms with Crippen molar-refractivity contribution < 1.29 is 9.50 Å². The molecule has 2 aromatic rings. The van der Waals surface area contributed by atoms with Crippen molar-refractivity contribution in [2.24, 2.45) is 0 Å². The molecule has 1 aromatic heterocycles. The van der Waals surface area contributed by atoms with E-state index in [-0.39, 0.29) is 12.4 Å². The van der Waals surface area contributed by atoms with Crippen molar-refractivity contribution in [1.29, 1.82) is 0 Å². The molecule has 0 aliphatic heterocycles. The van der Waals surface area contributed by atoms with Crippen LogP contribution in [0.4, 0.5) is 4.39 Å². The van der Waals surface area contributed by atoms with Gasteiger partial charge in [0.25, 0.3) is 0 Å². The van der Waals surface area contributed by atoms with Gasteiger partial charge >= 0.3 is 0 Å². The molecular formula is C12H11FN2OS. The number of benzene rings is 1. The lowest BCUT2D eigenvalue weighted by molar-refractivity contribution is 0.281. The monoisotopic (exact) mass is 250 g/mol. The molecule has 0 saturated carbocycles. The van der Waals surface area contributed by atoms with E-state index < -0.39 is 0 Å². The van der Waals surface area contributed by atoms with Gasteiger partial charge in [-0.3, -0.25) is 0 Å². The summed E-state index contributed by atoms with van der Waals surface area (Å²) in [6.45, 7) is -0.0502. The Balaban J connectivity index is 1.95. The quantitative estimate of drug-likeness (QED) is 0.846. The molecule has 88 valence electrons. The summed E-state index contributed by atoms with van der Waals surface area (Å²) < 4.78 is 12.7. The molecule has 5 heteroatoms. The van der Waals surface area contributed by atoms with Crippen molar-refractivity contribution in [3.63, 3.8) is 0 Å². The zero-order valence-corrected chi connectivity index (χ0v) is 9.82. The van der Waals surface area contributed by atoms with E-state index >= 15 is 0 Å². The number of thioether (sulfide) groups is 1. The topological polar surface area (TPSA) is 46.0 Å². The minimum absolute atomic E-state index is 0.0502. The maximum absolute atomic E-state index is 12.7. The molecule has 0 atom stereocenters. The maximum atomic E-state index is 12.7. The first-order valence-electron chi connectivity index (χ1n) is 5.07. The first kappa shape index (κ1) is 12.0. The number of aliphatic hydroxyl groups is 1. The van der Waals surface area contributed by atoms with Gasteiger partial charge in [0.05, 0.1) is 12.4 Å². The maximum Gasteiger partial charge on any atom is 0.138 e. The van der Waals surface area contributed by atoms with Crippen LogP contribution in [0.2, 0.25) is 0 Å². The fourth-order valence-electron chi connectivity index (χ4n) is 1.22. The van der Waals surface area contributed by atoms with Crippen LogP contribution >= 0.6 is 11.8 Å². The Kier molecular flexibility index (Phi) is 4.06. The second-order valence-corrected chi connectivity index (χ2v) is 4.46. The Morgan fingerprint density at radius 1 is 1.12 bits per heavy atom. The third-order valence-electron chi connectivity index (χ3n) is 2.12. The minimum Gasteiger partial charge on any atom is -0.392 e. The summed E-state index contributed by atoms with van der Waals surface area (Å²) in [7, 11) is 0. The van der Waals surface area contributed by atoms with E-state index in [2.05, 4.69) is 9.97 Å². The summed E-state index contributed by atoms with van der Waals surface area (Å²) in [5, 5.41) is 8.84. The van der Waals surface area contributed by atoms with Gasteiger partial charge in [-0.1, -0.05) is 0 Å². The average molecular weight is 250 g/mol. The predicted molar refractivity (Wildman–Crippen MR) is 63.9 cm³/mol. The summed E-state index contributed by atoms with van der Waals surface area (Å²) in [5.41, 5.74) is 0.695. The van der Waals surface area contributed by atoms with E-state index in [1.807, 2.05) is 0 Å². The van der Waals surface area contributed by atoms with Crippen molar-refractivity contribution in [2.45, 2.75) is 17.3 Å². The van der Waals surface area contributed by atoms with E-state index in [0.717, 1.165) is 4.90 Å². The molecule has 17 heavy (non-hydrogen) atoms. The SMILES string of the molecule is OCc1cnc(CSc2ccc(F)cc2)nc1. The minimum atomic E-state index is -0.238. The summed E-state index contributed by atoms with van der Waals surface area (Å²) in [6.07, 6.45) is 3.21. The summed E-state index contributed by atoms with van der Waals surface area (Å²) in [5.74, 6) is 1.08. The molecule has 0 radical (unpaired) electrons. The molecule has 0 saturated heterocycles. The van der Waals surface area contributed by atoms with Crippen LogP contribution in [0.1, 0.15) is 11.4 Å². The Labute approximate surface area is 103 Å². The molecule has 0 bridgehead atoms. The molecule has 1 heterocycles. The van der Waals surface area contributed by atoms with Crippen molar-refractivity contribution >= 4 is 11.8 Å². The van der Waals surface area contributed by atoms with Crippen molar-refractivity contribution in [2.75, 3.05) is 0 Å². The highest BCUT2D eigenvalue weighted by atomic mass is 32.2. The smallest absolute Gasteiger partial charge is 0.138 e. The standard InChI is InChI=1S/C12H11FN2OS/c13-10-1-3-11(4-2-10)17-8-12-14-5-9(7-16)6-15-12/h1-6,16H,7-8H2. The third-order valence-corrected chi connectivity index (χ3v) is 3.13. The number of aliphatic hydroxyl groups excluding tert-OH is 1. The van der Waals surface area contributed by atoms with Crippen LogP contribution in [-0.4, -0.2) is 15.1 Å². The van der Waals surface area contributed by atoms with Gasteiger partial charge < -0.3 is 5.11 Å². The predicted octanol–water partition coefficient (Wildman–Crippen LogP) is 2.40. The van der Waals surface area contributed by atoms with Crippen LogP contribution < -0.4 is 0 Å². The van der Waals surface area contributed by atoms with E-state index in [9.17, 15) is 4.39 Å². The molecule has 0 aliphatic carbocycles. The molecule has 0 spiro atoms. The normalized spacial score (nSPS) is 10.5. The molecule has 0 aliphatic rings. The Morgan fingerprint density at radius 2 is 1.76 bits per heavy atom. The number of hydrogen-bond acceptors (Lipinski definition) is 4. The fourth-order valence-corrected chi connectivity index (χ4v) is 1.99. The second-order valence-electron chi connectivity index (χ2n) is 3.41. The van der Waals surface area contributed by atoms with Gasteiger partial charge in [0, 0.05) is 22.9 Å². The van der Waals surface area contributed by atoms with Gasteiger partial charge in [-0.05, 0) is 24.3 Å². The van der Waals surface area contributed by atoms with Gasteiger partial charge in [-0.2, -0.15) is 0 Å².